The molecule has 2 aromatic rings. The Bertz CT molecular complexity index is 494. The van der Waals surface area contributed by atoms with Gasteiger partial charge in [-0.25, -0.2) is 4.98 Å². The lowest BCUT2D eigenvalue weighted by Gasteiger charge is -2.08. The molecule has 0 fully saturated rings. The van der Waals surface area contributed by atoms with E-state index in [0.29, 0.717) is 10.7 Å². The van der Waals surface area contributed by atoms with Gasteiger partial charge >= 0.3 is 0 Å². The summed E-state index contributed by atoms with van der Waals surface area (Å²) >= 11 is 5.94. The van der Waals surface area contributed by atoms with Gasteiger partial charge in [0.05, 0.1) is 6.61 Å². The summed E-state index contributed by atoms with van der Waals surface area (Å²) in [5.41, 5.74) is 3.85. The Morgan fingerprint density at radius 2 is 1.88 bits per heavy atom. The van der Waals surface area contributed by atoms with Crippen molar-refractivity contribution >= 4 is 11.6 Å². The van der Waals surface area contributed by atoms with Crippen molar-refractivity contribution in [1.82, 2.24) is 4.98 Å². The first-order valence-corrected chi connectivity index (χ1v) is 5.41. The Morgan fingerprint density at radius 3 is 2.50 bits per heavy atom. The van der Waals surface area contributed by atoms with E-state index in [9.17, 15) is 5.11 Å². The van der Waals surface area contributed by atoms with E-state index in [1.165, 1.54) is 5.56 Å². The fourth-order valence-corrected chi connectivity index (χ4v) is 1.84. The van der Waals surface area contributed by atoms with Crippen molar-refractivity contribution in [2.75, 3.05) is 0 Å². The molecular weight excluding hydrogens is 222 g/mol. The monoisotopic (exact) mass is 233 g/mol. The third kappa shape index (κ3) is 2.08. The van der Waals surface area contributed by atoms with Gasteiger partial charge in [-0.15, -0.1) is 0 Å². The van der Waals surface area contributed by atoms with Gasteiger partial charge in [0.25, 0.3) is 0 Å². The molecule has 2 nitrogen and oxygen atoms in total. The first-order chi connectivity index (χ1) is 7.72. The molecule has 1 aromatic carbocycles. The molecule has 3 heteroatoms. The zero-order chi connectivity index (χ0) is 11.5. The summed E-state index contributed by atoms with van der Waals surface area (Å²) < 4.78 is 0. The Balaban J connectivity index is 2.55. The van der Waals surface area contributed by atoms with Gasteiger partial charge in [-0.05, 0) is 24.1 Å². The molecule has 0 aliphatic heterocycles. The van der Waals surface area contributed by atoms with Crippen LogP contribution in [0.5, 0.6) is 0 Å². The number of aliphatic hydroxyl groups excluding tert-OH is 1. The van der Waals surface area contributed by atoms with Gasteiger partial charge in [-0.1, -0.05) is 41.4 Å². The van der Waals surface area contributed by atoms with Crippen LogP contribution in [0.1, 0.15) is 11.1 Å². The number of aromatic nitrogens is 1. The zero-order valence-corrected chi connectivity index (χ0v) is 9.70. The molecule has 82 valence electrons. The zero-order valence-electron chi connectivity index (χ0n) is 8.94. The smallest absolute Gasteiger partial charge is 0.135 e. The van der Waals surface area contributed by atoms with E-state index >= 15 is 0 Å². The maximum absolute atomic E-state index is 9.29. The van der Waals surface area contributed by atoms with E-state index in [4.69, 9.17) is 11.6 Å². The lowest BCUT2D eigenvalue weighted by Crippen LogP contribution is -1.93. The average Bonchev–Trinajstić information content (AvgIpc) is 2.30. The number of hydrogen-bond acceptors (Lipinski definition) is 2. The molecule has 0 amide bonds. The second kappa shape index (κ2) is 4.64. The second-order valence-corrected chi connectivity index (χ2v) is 4.01. The molecule has 0 aliphatic rings. The first-order valence-electron chi connectivity index (χ1n) is 5.03. The highest BCUT2D eigenvalue weighted by Crippen LogP contribution is 2.27. The minimum atomic E-state index is -0.101. The Hall–Kier alpha value is -1.38. The minimum absolute atomic E-state index is 0.101. The van der Waals surface area contributed by atoms with Crippen molar-refractivity contribution in [2.24, 2.45) is 0 Å². The second-order valence-electron chi connectivity index (χ2n) is 3.65. The molecule has 0 saturated carbocycles. The van der Waals surface area contributed by atoms with Crippen LogP contribution in [-0.4, -0.2) is 10.1 Å². The van der Waals surface area contributed by atoms with Crippen LogP contribution in [-0.2, 0) is 6.61 Å². The van der Waals surface area contributed by atoms with Crippen LogP contribution in [0.15, 0.2) is 36.5 Å². The number of rotatable bonds is 2. The Labute approximate surface area is 99.5 Å². The summed E-state index contributed by atoms with van der Waals surface area (Å²) in [7, 11) is 0. The molecule has 0 atom stereocenters. The summed E-state index contributed by atoms with van der Waals surface area (Å²) in [6.07, 6.45) is 1.65. The highest BCUT2D eigenvalue weighted by atomic mass is 35.5. The molecule has 1 aromatic heterocycles. The number of aryl methyl sites for hydroxylation is 1. The van der Waals surface area contributed by atoms with E-state index in [1.54, 1.807) is 6.20 Å². The molecular formula is C13H12ClNO. The standard InChI is InChI=1S/C13H12ClNO/c1-9-2-4-10(5-3-9)11-6-7-15-13(14)12(11)8-16/h2-7,16H,8H2,1H3. The van der Waals surface area contributed by atoms with Crippen LogP contribution in [0.3, 0.4) is 0 Å². The Kier molecular flexibility index (Phi) is 3.22. The maximum atomic E-state index is 9.29. The summed E-state index contributed by atoms with van der Waals surface area (Å²) in [6, 6.07) is 9.96. The first kappa shape index (κ1) is 11.1. The lowest BCUT2D eigenvalue weighted by atomic mass is 10.0. The number of nitrogens with zero attached hydrogens (tertiary/aromatic N) is 1. The number of benzene rings is 1. The molecule has 0 bridgehead atoms. The van der Waals surface area contributed by atoms with Gasteiger partial charge < -0.3 is 5.11 Å². The van der Waals surface area contributed by atoms with Crippen LogP contribution < -0.4 is 0 Å². The van der Waals surface area contributed by atoms with Crippen LogP contribution in [0.2, 0.25) is 5.15 Å². The van der Waals surface area contributed by atoms with Crippen LogP contribution >= 0.6 is 11.6 Å². The van der Waals surface area contributed by atoms with Gasteiger partial charge in [-0.3, -0.25) is 0 Å². The van der Waals surface area contributed by atoms with Crippen molar-refractivity contribution in [3.63, 3.8) is 0 Å². The molecule has 1 heterocycles. The molecule has 0 spiro atoms. The molecule has 16 heavy (non-hydrogen) atoms. The number of pyridine rings is 1. The number of aliphatic hydroxyl groups is 1. The molecule has 2 rings (SSSR count). The fourth-order valence-electron chi connectivity index (χ4n) is 1.62. The summed E-state index contributed by atoms with van der Waals surface area (Å²) in [5.74, 6) is 0. The van der Waals surface area contributed by atoms with E-state index in [0.717, 1.165) is 11.1 Å². The quantitative estimate of drug-likeness (QED) is 0.808. The van der Waals surface area contributed by atoms with E-state index in [1.807, 2.05) is 37.3 Å². The highest BCUT2D eigenvalue weighted by molar-refractivity contribution is 6.30. The average molecular weight is 234 g/mol. The number of hydrogen-bond donors (Lipinski definition) is 1. The van der Waals surface area contributed by atoms with Gasteiger partial charge in [0.1, 0.15) is 5.15 Å². The molecule has 0 unspecified atom stereocenters. The van der Waals surface area contributed by atoms with Crippen LogP contribution in [0, 0.1) is 6.92 Å². The van der Waals surface area contributed by atoms with Crippen molar-refractivity contribution in [3.8, 4) is 11.1 Å². The van der Waals surface area contributed by atoms with Gasteiger partial charge in [-0.2, -0.15) is 0 Å². The van der Waals surface area contributed by atoms with E-state index < -0.39 is 0 Å². The van der Waals surface area contributed by atoms with Gasteiger partial charge in [0, 0.05) is 11.8 Å². The van der Waals surface area contributed by atoms with Crippen molar-refractivity contribution in [2.45, 2.75) is 13.5 Å². The van der Waals surface area contributed by atoms with Crippen LogP contribution in [0.25, 0.3) is 11.1 Å². The van der Waals surface area contributed by atoms with Crippen LogP contribution in [0.4, 0.5) is 0 Å². The third-order valence-corrected chi connectivity index (χ3v) is 2.85. The summed E-state index contributed by atoms with van der Waals surface area (Å²) in [4.78, 5) is 3.96. The Morgan fingerprint density at radius 1 is 1.19 bits per heavy atom. The normalized spacial score (nSPS) is 10.4. The fraction of sp³-hybridized carbons (Fsp3) is 0.154. The summed E-state index contributed by atoms with van der Waals surface area (Å²) in [5, 5.41) is 9.65. The van der Waals surface area contributed by atoms with E-state index in [-0.39, 0.29) is 6.61 Å². The van der Waals surface area contributed by atoms with Crippen molar-refractivity contribution in [3.05, 3.63) is 52.8 Å². The minimum Gasteiger partial charge on any atom is -0.392 e. The molecule has 0 aliphatic carbocycles. The van der Waals surface area contributed by atoms with Crippen molar-refractivity contribution < 1.29 is 5.11 Å². The largest absolute Gasteiger partial charge is 0.392 e. The predicted molar refractivity (Wildman–Crippen MR) is 65.3 cm³/mol. The lowest BCUT2D eigenvalue weighted by molar-refractivity contribution is 0.282. The molecule has 0 radical (unpaired) electrons. The molecule has 0 saturated heterocycles. The predicted octanol–water partition coefficient (Wildman–Crippen LogP) is 3.20. The topological polar surface area (TPSA) is 33.1 Å². The highest BCUT2D eigenvalue weighted by Gasteiger charge is 2.08. The van der Waals surface area contributed by atoms with Crippen molar-refractivity contribution in [1.29, 1.82) is 0 Å². The molecule has 1 N–H and O–H groups in total. The van der Waals surface area contributed by atoms with Gasteiger partial charge in [0.15, 0.2) is 0 Å². The maximum Gasteiger partial charge on any atom is 0.135 e. The van der Waals surface area contributed by atoms with Gasteiger partial charge in [0.2, 0.25) is 0 Å². The summed E-state index contributed by atoms with van der Waals surface area (Å²) in [6.45, 7) is 1.94. The third-order valence-electron chi connectivity index (χ3n) is 2.52. The van der Waals surface area contributed by atoms with E-state index in [2.05, 4.69) is 4.98 Å². The SMILES string of the molecule is Cc1ccc(-c2ccnc(Cl)c2CO)cc1. The number of halogens is 1.